The first-order valence-corrected chi connectivity index (χ1v) is 11.0. The first-order chi connectivity index (χ1) is 16.5. The zero-order chi connectivity index (χ0) is 23.1. The van der Waals surface area contributed by atoms with Crippen molar-refractivity contribution in [1.29, 1.82) is 0 Å². The van der Waals surface area contributed by atoms with Crippen molar-refractivity contribution >= 4 is 60.5 Å². The number of allylic oxidation sites excluding steroid dienone is 1. The molecule has 1 aliphatic rings. The number of benzene rings is 5. The molecule has 1 heterocycles. The molecule has 6 nitrogen and oxygen atoms in total. The van der Waals surface area contributed by atoms with E-state index in [2.05, 4.69) is 4.98 Å². The zero-order valence-electron chi connectivity index (χ0n) is 17.7. The molecule has 160 valence electrons. The molecule has 1 aliphatic carbocycles. The SMILES string of the molecule is O=c1c2c(c(=O)c3c1ccc1nc4c(ccc5c(=O)c6ccccc6c(=O)c54)nc13)C=CCC2. The average molecular weight is 442 g/mol. The van der Waals surface area contributed by atoms with E-state index in [1.165, 1.54) is 0 Å². The van der Waals surface area contributed by atoms with E-state index in [1.807, 2.05) is 6.08 Å². The monoisotopic (exact) mass is 442 g/mol. The summed E-state index contributed by atoms with van der Waals surface area (Å²) in [7, 11) is 0. The van der Waals surface area contributed by atoms with E-state index in [0.717, 1.165) is 6.42 Å². The minimum Gasteiger partial charge on any atom is -0.289 e. The van der Waals surface area contributed by atoms with Crippen LogP contribution in [-0.4, -0.2) is 9.97 Å². The minimum absolute atomic E-state index is 0.152. The highest BCUT2D eigenvalue weighted by molar-refractivity contribution is 6.13. The van der Waals surface area contributed by atoms with Crippen molar-refractivity contribution in [1.82, 2.24) is 9.97 Å². The van der Waals surface area contributed by atoms with E-state index in [0.29, 0.717) is 55.8 Å². The lowest BCUT2D eigenvalue weighted by molar-refractivity contribution is 0.975. The predicted octanol–water partition coefficient (Wildman–Crippen LogP) is 3.52. The molecule has 0 aliphatic heterocycles. The van der Waals surface area contributed by atoms with E-state index in [4.69, 9.17) is 4.98 Å². The Bertz CT molecular complexity index is 2150. The summed E-state index contributed by atoms with van der Waals surface area (Å²) in [6.07, 6.45) is 4.88. The van der Waals surface area contributed by atoms with Crippen molar-refractivity contribution < 1.29 is 0 Å². The van der Waals surface area contributed by atoms with Crippen LogP contribution in [0.3, 0.4) is 0 Å². The summed E-state index contributed by atoms with van der Waals surface area (Å²) in [4.78, 5) is 62.3. The van der Waals surface area contributed by atoms with Gasteiger partial charge in [0, 0.05) is 32.7 Å². The Morgan fingerprint density at radius 1 is 0.588 bits per heavy atom. The maximum Gasteiger partial charge on any atom is 0.196 e. The van der Waals surface area contributed by atoms with E-state index < -0.39 is 0 Å². The van der Waals surface area contributed by atoms with Gasteiger partial charge >= 0.3 is 0 Å². The third kappa shape index (κ3) is 2.29. The molecule has 1 aromatic heterocycles. The highest BCUT2D eigenvalue weighted by atomic mass is 16.1. The Kier molecular flexibility index (Phi) is 3.61. The van der Waals surface area contributed by atoms with Crippen molar-refractivity contribution in [2.24, 2.45) is 0 Å². The van der Waals surface area contributed by atoms with E-state index in [1.54, 1.807) is 54.6 Å². The molecule has 0 saturated carbocycles. The standard InChI is InChI=1S/C28H14N2O4/c31-25-13-5-1-3-7-15(13)27(33)21-17(25)9-11-19-23(21)29-20-12-10-18-22(24(20)30-19)28(34)16-8-4-2-6-14(16)26(18)32/h1,3-5,7-12H,2,6H2. The summed E-state index contributed by atoms with van der Waals surface area (Å²) in [5.74, 6) is 0. The summed E-state index contributed by atoms with van der Waals surface area (Å²) in [6, 6.07) is 13.2. The second kappa shape index (κ2) is 6.48. The Morgan fingerprint density at radius 2 is 1.18 bits per heavy atom. The molecule has 0 N–H and O–H groups in total. The van der Waals surface area contributed by atoms with Crippen LogP contribution in [-0.2, 0) is 6.42 Å². The second-order valence-electron chi connectivity index (χ2n) is 8.63. The summed E-state index contributed by atoms with van der Waals surface area (Å²) in [5.41, 5.74) is 1.47. The Balaban J connectivity index is 1.70. The molecule has 6 heteroatoms. The maximum atomic E-state index is 13.4. The van der Waals surface area contributed by atoms with Gasteiger partial charge in [-0.15, -0.1) is 0 Å². The second-order valence-corrected chi connectivity index (χ2v) is 8.63. The maximum absolute atomic E-state index is 13.4. The number of hydrogen-bond donors (Lipinski definition) is 0. The van der Waals surface area contributed by atoms with Crippen LogP contribution in [0.4, 0.5) is 0 Å². The first-order valence-electron chi connectivity index (χ1n) is 11.0. The molecule has 7 rings (SSSR count). The molecule has 0 unspecified atom stereocenters. The van der Waals surface area contributed by atoms with Crippen LogP contribution < -0.4 is 21.7 Å². The fourth-order valence-electron chi connectivity index (χ4n) is 5.21. The van der Waals surface area contributed by atoms with Crippen molar-refractivity contribution in [3.05, 3.63) is 107 Å². The van der Waals surface area contributed by atoms with Crippen LogP contribution in [0.15, 0.2) is 73.8 Å². The molecule has 0 radical (unpaired) electrons. The number of aromatic nitrogens is 2. The molecule has 5 aromatic carbocycles. The van der Waals surface area contributed by atoms with Gasteiger partial charge in [-0.1, -0.05) is 36.4 Å². The smallest absolute Gasteiger partial charge is 0.196 e. The van der Waals surface area contributed by atoms with Gasteiger partial charge in [-0.2, -0.15) is 0 Å². The van der Waals surface area contributed by atoms with Crippen LogP contribution in [0.25, 0.3) is 60.5 Å². The highest BCUT2D eigenvalue weighted by Crippen LogP contribution is 2.27. The topological polar surface area (TPSA) is 94.1 Å². The number of rotatable bonds is 0. The minimum atomic E-state index is -0.282. The number of fused-ring (bicyclic) bond motifs is 8. The summed E-state index contributed by atoms with van der Waals surface area (Å²) in [5, 5.41) is 1.79. The first kappa shape index (κ1) is 18.9. The number of nitrogens with zero attached hydrogens (tertiary/aromatic N) is 2. The molecular weight excluding hydrogens is 428 g/mol. The third-order valence-corrected chi connectivity index (χ3v) is 6.83. The molecule has 0 saturated heterocycles. The van der Waals surface area contributed by atoms with Crippen LogP contribution in [0.2, 0.25) is 0 Å². The summed E-state index contributed by atoms with van der Waals surface area (Å²) in [6.45, 7) is 0. The van der Waals surface area contributed by atoms with Gasteiger partial charge < -0.3 is 0 Å². The van der Waals surface area contributed by atoms with Gasteiger partial charge in [0.2, 0.25) is 0 Å². The van der Waals surface area contributed by atoms with Gasteiger partial charge in [0.1, 0.15) is 11.0 Å². The highest BCUT2D eigenvalue weighted by Gasteiger charge is 2.21. The van der Waals surface area contributed by atoms with Crippen LogP contribution in [0.1, 0.15) is 17.5 Å². The van der Waals surface area contributed by atoms with E-state index >= 15 is 0 Å². The van der Waals surface area contributed by atoms with Crippen molar-refractivity contribution in [3.8, 4) is 0 Å². The van der Waals surface area contributed by atoms with Crippen molar-refractivity contribution in [2.45, 2.75) is 12.8 Å². The lowest BCUT2D eigenvalue weighted by atomic mass is 9.92. The third-order valence-electron chi connectivity index (χ3n) is 6.83. The molecular formula is C28H14N2O4. The van der Waals surface area contributed by atoms with Crippen molar-refractivity contribution in [2.75, 3.05) is 0 Å². The molecule has 0 amide bonds. The van der Waals surface area contributed by atoms with E-state index in [-0.39, 0.29) is 37.9 Å². The fraction of sp³-hybridized carbons (Fsp3) is 0.0714. The lowest BCUT2D eigenvalue weighted by Gasteiger charge is -2.11. The molecule has 0 spiro atoms. The van der Waals surface area contributed by atoms with Gasteiger partial charge in [-0.05, 0) is 37.1 Å². The van der Waals surface area contributed by atoms with Crippen LogP contribution >= 0.6 is 0 Å². The number of hydrogen-bond acceptors (Lipinski definition) is 6. The molecule has 0 fully saturated rings. The van der Waals surface area contributed by atoms with Gasteiger partial charge in [0.25, 0.3) is 0 Å². The van der Waals surface area contributed by atoms with E-state index in [9.17, 15) is 19.2 Å². The van der Waals surface area contributed by atoms with Crippen LogP contribution in [0, 0.1) is 0 Å². The summed E-state index contributed by atoms with van der Waals surface area (Å²) >= 11 is 0. The average Bonchev–Trinajstić information content (AvgIpc) is 2.88. The molecule has 0 bridgehead atoms. The Labute approximate surface area is 190 Å². The normalized spacial score (nSPS) is 13.4. The predicted molar refractivity (Wildman–Crippen MR) is 134 cm³/mol. The molecule has 6 aromatic rings. The fourth-order valence-corrected chi connectivity index (χ4v) is 5.21. The van der Waals surface area contributed by atoms with Crippen molar-refractivity contribution in [3.63, 3.8) is 0 Å². The van der Waals surface area contributed by atoms with Gasteiger partial charge in [-0.3, -0.25) is 19.2 Å². The Morgan fingerprint density at radius 3 is 1.85 bits per heavy atom. The molecule has 34 heavy (non-hydrogen) atoms. The summed E-state index contributed by atoms with van der Waals surface area (Å²) < 4.78 is 0. The Hall–Kier alpha value is -4.58. The zero-order valence-corrected chi connectivity index (χ0v) is 17.7. The largest absolute Gasteiger partial charge is 0.289 e. The lowest BCUT2D eigenvalue weighted by Crippen LogP contribution is -2.22. The van der Waals surface area contributed by atoms with Gasteiger partial charge in [-0.25, -0.2) is 9.97 Å². The van der Waals surface area contributed by atoms with Gasteiger partial charge in [0.05, 0.1) is 21.8 Å². The quantitative estimate of drug-likeness (QED) is 0.264. The molecule has 0 atom stereocenters. The van der Waals surface area contributed by atoms with Gasteiger partial charge in [0.15, 0.2) is 21.7 Å². The van der Waals surface area contributed by atoms with Crippen LogP contribution in [0.5, 0.6) is 0 Å².